The molecule has 1 amide bonds. The van der Waals surface area contributed by atoms with Gasteiger partial charge in [-0.05, 0) is 31.2 Å². The number of carbonyl (C=O) groups is 1. The van der Waals surface area contributed by atoms with Crippen LogP contribution in [0.1, 0.15) is 43.1 Å². The van der Waals surface area contributed by atoms with Crippen LogP contribution in [-0.4, -0.2) is 58.2 Å². The molecule has 0 aromatic carbocycles. The van der Waals surface area contributed by atoms with E-state index in [1.165, 1.54) is 18.6 Å². The summed E-state index contributed by atoms with van der Waals surface area (Å²) in [6.07, 6.45) is 4.46. The molecular formula is C16H26N6O2. The first kappa shape index (κ1) is 17.1. The zero-order valence-corrected chi connectivity index (χ0v) is 14.1. The van der Waals surface area contributed by atoms with Gasteiger partial charge in [-0.1, -0.05) is 13.3 Å². The minimum atomic E-state index is -0.294. The lowest BCUT2D eigenvalue weighted by Crippen LogP contribution is -2.46. The molecule has 132 valence electrons. The lowest BCUT2D eigenvalue weighted by Gasteiger charge is -2.34. The lowest BCUT2D eigenvalue weighted by molar-refractivity contribution is 0.0619. The van der Waals surface area contributed by atoms with Gasteiger partial charge in [-0.25, -0.2) is 15.5 Å². The van der Waals surface area contributed by atoms with Crippen molar-refractivity contribution in [3.8, 4) is 0 Å². The van der Waals surface area contributed by atoms with Crippen molar-refractivity contribution in [1.82, 2.24) is 31.1 Å². The van der Waals surface area contributed by atoms with Crippen LogP contribution in [0.15, 0.2) is 16.9 Å². The Morgan fingerprint density at radius 2 is 2.25 bits per heavy atom. The molecule has 0 radical (unpaired) electrons. The number of aromatic amines is 1. The Morgan fingerprint density at radius 3 is 3.00 bits per heavy atom. The molecule has 1 aromatic heterocycles. The summed E-state index contributed by atoms with van der Waals surface area (Å²) in [4.78, 5) is 25.5. The van der Waals surface area contributed by atoms with Crippen molar-refractivity contribution in [2.45, 2.75) is 38.6 Å². The number of piperidine rings is 1. The number of hydrogen-bond donors (Lipinski definition) is 3. The maximum Gasteiger partial charge on any atom is 0.274 e. The molecule has 8 nitrogen and oxygen atoms in total. The van der Waals surface area contributed by atoms with E-state index in [1.54, 1.807) is 0 Å². The predicted molar refractivity (Wildman–Crippen MR) is 90.0 cm³/mol. The fraction of sp³-hybridized carbons (Fsp3) is 0.688. The number of hydrazine groups is 2. The molecule has 0 bridgehead atoms. The van der Waals surface area contributed by atoms with E-state index in [0.29, 0.717) is 17.7 Å². The van der Waals surface area contributed by atoms with Gasteiger partial charge in [0.15, 0.2) is 0 Å². The Morgan fingerprint density at radius 1 is 1.38 bits per heavy atom. The number of H-pyrrole nitrogens is 1. The zero-order valence-electron chi connectivity index (χ0n) is 14.1. The Labute approximate surface area is 141 Å². The highest BCUT2D eigenvalue weighted by Gasteiger charge is 2.29. The van der Waals surface area contributed by atoms with Crippen LogP contribution < -0.4 is 16.5 Å². The normalized spacial score (nSPS) is 25.1. The maximum atomic E-state index is 12.5. The quantitative estimate of drug-likeness (QED) is 0.708. The van der Waals surface area contributed by atoms with Gasteiger partial charge in [-0.15, -0.1) is 0 Å². The van der Waals surface area contributed by atoms with E-state index >= 15 is 0 Å². The number of rotatable bonds is 5. The third kappa shape index (κ3) is 4.19. The summed E-state index contributed by atoms with van der Waals surface area (Å²) in [6, 6.07) is 3.34. The molecule has 2 aliphatic rings. The molecule has 1 aromatic rings. The topological polar surface area (TPSA) is 93.4 Å². The van der Waals surface area contributed by atoms with Crippen LogP contribution in [0, 0.1) is 5.92 Å². The maximum absolute atomic E-state index is 12.5. The highest BCUT2D eigenvalue weighted by atomic mass is 16.2. The molecule has 0 spiro atoms. The number of likely N-dealkylation sites (tertiary alicyclic amines) is 1. The SMILES string of the molecule is CCCC1CN(CC2CCCN(C(=O)c3ccc(=O)[nH]n3)C2)NN1. The first-order valence-corrected chi connectivity index (χ1v) is 8.77. The van der Waals surface area contributed by atoms with Crippen molar-refractivity contribution in [3.63, 3.8) is 0 Å². The van der Waals surface area contributed by atoms with E-state index in [-0.39, 0.29) is 11.5 Å². The van der Waals surface area contributed by atoms with Crippen molar-refractivity contribution in [2.24, 2.45) is 5.92 Å². The lowest BCUT2D eigenvalue weighted by atomic mass is 9.97. The van der Waals surface area contributed by atoms with Crippen molar-refractivity contribution in [1.29, 1.82) is 0 Å². The molecule has 2 atom stereocenters. The molecule has 24 heavy (non-hydrogen) atoms. The second kappa shape index (κ2) is 7.87. The van der Waals surface area contributed by atoms with Crippen LogP contribution in [0.25, 0.3) is 0 Å². The highest BCUT2D eigenvalue weighted by molar-refractivity contribution is 5.92. The standard InChI is InChI=1S/C16H26N6O2/c1-2-4-13-11-22(20-17-13)10-12-5-3-8-21(9-12)16(24)14-6-7-15(23)19-18-14/h6-7,12-13,17,20H,2-5,8-11H2,1H3,(H,19,23). The minimum absolute atomic E-state index is 0.104. The van der Waals surface area contributed by atoms with Gasteiger partial charge in [0.2, 0.25) is 0 Å². The van der Waals surface area contributed by atoms with Gasteiger partial charge < -0.3 is 4.90 Å². The number of hydrogen-bond acceptors (Lipinski definition) is 6. The second-order valence-corrected chi connectivity index (χ2v) is 6.71. The van der Waals surface area contributed by atoms with Gasteiger partial charge in [-0.3, -0.25) is 9.59 Å². The third-order valence-corrected chi connectivity index (χ3v) is 4.69. The second-order valence-electron chi connectivity index (χ2n) is 6.71. The summed E-state index contributed by atoms with van der Waals surface area (Å²) >= 11 is 0. The summed E-state index contributed by atoms with van der Waals surface area (Å²) in [5.41, 5.74) is 6.57. The summed E-state index contributed by atoms with van der Waals surface area (Å²) in [5, 5.41) is 8.40. The molecule has 0 aliphatic carbocycles. The highest BCUT2D eigenvalue weighted by Crippen LogP contribution is 2.19. The molecule has 3 heterocycles. The Hall–Kier alpha value is -1.77. The van der Waals surface area contributed by atoms with Crippen LogP contribution in [0.5, 0.6) is 0 Å². The Kier molecular flexibility index (Phi) is 5.60. The van der Waals surface area contributed by atoms with Gasteiger partial charge in [0.1, 0.15) is 5.69 Å². The average molecular weight is 334 g/mol. The molecule has 2 saturated heterocycles. The van der Waals surface area contributed by atoms with Crippen molar-refractivity contribution < 1.29 is 4.79 Å². The number of nitrogens with one attached hydrogen (secondary N) is 3. The summed E-state index contributed by atoms with van der Waals surface area (Å²) < 4.78 is 0. The van der Waals surface area contributed by atoms with Crippen LogP contribution in [0.3, 0.4) is 0 Å². The molecule has 2 fully saturated rings. The van der Waals surface area contributed by atoms with E-state index in [2.05, 4.69) is 33.1 Å². The largest absolute Gasteiger partial charge is 0.337 e. The van der Waals surface area contributed by atoms with Gasteiger partial charge >= 0.3 is 0 Å². The average Bonchev–Trinajstić information content (AvgIpc) is 3.02. The van der Waals surface area contributed by atoms with Gasteiger partial charge in [0, 0.05) is 38.3 Å². The molecule has 0 saturated carbocycles. The van der Waals surface area contributed by atoms with Gasteiger partial charge in [0.05, 0.1) is 0 Å². The number of carbonyl (C=O) groups excluding carboxylic acids is 1. The minimum Gasteiger partial charge on any atom is -0.337 e. The molecule has 3 rings (SSSR count). The van der Waals surface area contributed by atoms with Crippen LogP contribution >= 0.6 is 0 Å². The Bertz CT molecular complexity index is 598. The summed E-state index contributed by atoms with van der Waals surface area (Å²) in [5.74, 6) is 0.340. The van der Waals surface area contributed by atoms with Crippen LogP contribution in [0.4, 0.5) is 0 Å². The third-order valence-electron chi connectivity index (χ3n) is 4.69. The number of aromatic nitrogens is 2. The Balaban J connectivity index is 1.53. The monoisotopic (exact) mass is 334 g/mol. The molecule has 2 unspecified atom stereocenters. The number of nitrogens with zero attached hydrogens (tertiary/aromatic N) is 3. The number of amides is 1. The molecule has 3 N–H and O–H groups in total. The zero-order chi connectivity index (χ0) is 16.9. The van der Waals surface area contributed by atoms with E-state index in [0.717, 1.165) is 45.4 Å². The first-order valence-electron chi connectivity index (χ1n) is 8.77. The molecule has 8 heteroatoms. The van der Waals surface area contributed by atoms with Crippen LogP contribution in [-0.2, 0) is 0 Å². The van der Waals surface area contributed by atoms with Gasteiger partial charge in [0.25, 0.3) is 11.5 Å². The van der Waals surface area contributed by atoms with Crippen molar-refractivity contribution in [2.75, 3.05) is 26.2 Å². The fourth-order valence-corrected chi connectivity index (χ4v) is 3.51. The predicted octanol–water partition coefficient (Wildman–Crippen LogP) is 0.116. The van der Waals surface area contributed by atoms with E-state index in [9.17, 15) is 9.59 Å². The van der Waals surface area contributed by atoms with Crippen molar-refractivity contribution >= 4 is 5.91 Å². The van der Waals surface area contributed by atoms with Crippen molar-refractivity contribution in [3.05, 3.63) is 28.2 Å². The van der Waals surface area contributed by atoms with E-state index < -0.39 is 0 Å². The van der Waals surface area contributed by atoms with Crippen LogP contribution in [0.2, 0.25) is 0 Å². The summed E-state index contributed by atoms with van der Waals surface area (Å²) in [7, 11) is 0. The fourth-order valence-electron chi connectivity index (χ4n) is 3.51. The smallest absolute Gasteiger partial charge is 0.274 e. The van der Waals surface area contributed by atoms with E-state index in [4.69, 9.17) is 0 Å². The molecular weight excluding hydrogens is 308 g/mol. The summed E-state index contributed by atoms with van der Waals surface area (Å²) in [6.45, 7) is 5.60. The molecule has 2 aliphatic heterocycles. The first-order chi connectivity index (χ1) is 11.7. The van der Waals surface area contributed by atoms with E-state index in [1.807, 2.05) is 4.90 Å². The van der Waals surface area contributed by atoms with Gasteiger partial charge in [-0.2, -0.15) is 10.6 Å².